The summed E-state index contributed by atoms with van der Waals surface area (Å²) in [6, 6.07) is 14.9. The molecule has 0 saturated heterocycles. The predicted molar refractivity (Wildman–Crippen MR) is 104 cm³/mol. The zero-order chi connectivity index (χ0) is 18.0. The van der Waals surface area contributed by atoms with E-state index in [-0.39, 0.29) is 6.03 Å². The zero-order valence-corrected chi connectivity index (χ0v) is 14.6. The molecule has 25 heavy (non-hydrogen) atoms. The fourth-order valence-corrected chi connectivity index (χ4v) is 2.71. The summed E-state index contributed by atoms with van der Waals surface area (Å²) in [6.45, 7) is 6.17. The van der Waals surface area contributed by atoms with E-state index in [2.05, 4.69) is 29.5 Å². The van der Waals surface area contributed by atoms with E-state index in [0.717, 1.165) is 22.3 Å². The van der Waals surface area contributed by atoms with Crippen molar-refractivity contribution in [1.82, 2.24) is 4.98 Å². The first-order valence-corrected chi connectivity index (χ1v) is 8.27. The Morgan fingerprint density at radius 2 is 1.64 bits per heavy atom. The molecule has 0 aliphatic heterocycles. The highest BCUT2D eigenvalue weighted by molar-refractivity contribution is 6.02. The number of amides is 2. The van der Waals surface area contributed by atoms with Gasteiger partial charge in [-0.15, -0.1) is 0 Å². The van der Waals surface area contributed by atoms with Gasteiger partial charge >= 0.3 is 6.03 Å². The van der Waals surface area contributed by atoms with Gasteiger partial charge < -0.3 is 16.4 Å². The average molecular weight is 334 g/mol. The van der Waals surface area contributed by atoms with Crippen molar-refractivity contribution in [3.8, 4) is 0 Å². The Labute approximate surface area is 147 Å². The van der Waals surface area contributed by atoms with Crippen molar-refractivity contribution in [2.45, 2.75) is 26.7 Å². The lowest BCUT2D eigenvalue weighted by molar-refractivity contribution is 0.262. The third-order valence-electron chi connectivity index (χ3n) is 4.06. The Hall–Kier alpha value is -3.08. The van der Waals surface area contributed by atoms with Crippen molar-refractivity contribution < 1.29 is 4.79 Å². The van der Waals surface area contributed by atoms with Crippen LogP contribution in [0.2, 0.25) is 0 Å². The SMILES string of the molecule is Cc1cc(N)c2cc(NC(=O)Nc3ccc(C(C)C)cc3)ccc2n1. The summed E-state index contributed by atoms with van der Waals surface area (Å²) >= 11 is 0. The highest BCUT2D eigenvalue weighted by atomic mass is 16.2. The number of aromatic nitrogens is 1. The third-order valence-corrected chi connectivity index (χ3v) is 4.06. The molecule has 1 heterocycles. The molecular formula is C20H22N4O. The maximum Gasteiger partial charge on any atom is 0.323 e. The largest absolute Gasteiger partial charge is 0.398 e. The molecule has 0 atom stereocenters. The molecule has 1 aromatic heterocycles. The number of anilines is 3. The molecule has 0 radical (unpaired) electrons. The van der Waals surface area contributed by atoms with Crippen molar-refractivity contribution in [3.05, 3.63) is 59.8 Å². The van der Waals surface area contributed by atoms with E-state index in [0.29, 0.717) is 17.3 Å². The second-order valence-corrected chi connectivity index (χ2v) is 6.44. The molecule has 2 amide bonds. The van der Waals surface area contributed by atoms with Gasteiger partial charge in [0.25, 0.3) is 0 Å². The van der Waals surface area contributed by atoms with Crippen molar-refractivity contribution in [1.29, 1.82) is 0 Å². The standard InChI is InChI=1S/C20H22N4O/c1-12(2)14-4-6-15(7-5-14)23-20(25)24-16-8-9-19-17(11-16)18(21)10-13(3)22-19/h4-12H,1-3H3,(H2,21,22)(H2,23,24,25). The van der Waals surface area contributed by atoms with E-state index in [4.69, 9.17) is 5.73 Å². The number of hydrogen-bond donors (Lipinski definition) is 3. The van der Waals surface area contributed by atoms with Crippen LogP contribution in [-0.2, 0) is 0 Å². The summed E-state index contributed by atoms with van der Waals surface area (Å²) < 4.78 is 0. The molecule has 0 bridgehead atoms. The molecule has 0 aliphatic rings. The van der Waals surface area contributed by atoms with E-state index in [1.165, 1.54) is 5.56 Å². The molecule has 0 spiro atoms. The molecule has 5 heteroatoms. The summed E-state index contributed by atoms with van der Waals surface area (Å²) in [6.07, 6.45) is 0. The number of fused-ring (bicyclic) bond motifs is 1. The van der Waals surface area contributed by atoms with Gasteiger partial charge in [-0.2, -0.15) is 0 Å². The van der Waals surface area contributed by atoms with Gasteiger partial charge in [-0.1, -0.05) is 26.0 Å². The molecule has 0 aliphatic carbocycles. The molecule has 3 rings (SSSR count). The van der Waals surface area contributed by atoms with Gasteiger partial charge in [0.05, 0.1) is 5.52 Å². The van der Waals surface area contributed by atoms with Crippen LogP contribution in [0.3, 0.4) is 0 Å². The highest BCUT2D eigenvalue weighted by Gasteiger charge is 2.07. The number of pyridine rings is 1. The number of hydrogen-bond acceptors (Lipinski definition) is 3. The fraction of sp³-hybridized carbons (Fsp3) is 0.200. The number of nitrogen functional groups attached to an aromatic ring is 1. The maximum atomic E-state index is 12.2. The van der Waals surface area contributed by atoms with Gasteiger partial charge in [0.1, 0.15) is 0 Å². The van der Waals surface area contributed by atoms with E-state index >= 15 is 0 Å². The Morgan fingerprint density at radius 3 is 2.32 bits per heavy atom. The monoisotopic (exact) mass is 334 g/mol. The molecule has 2 aromatic carbocycles. The number of nitrogens with one attached hydrogen (secondary N) is 2. The predicted octanol–water partition coefficient (Wildman–Crippen LogP) is 4.89. The number of urea groups is 1. The summed E-state index contributed by atoms with van der Waals surface area (Å²) in [5.74, 6) is 0.461. The Balaban J connectivity index is 1.73. The van der Waals surface area contributed by atoms with Crippen LogP contribution in [0.25, 0.3) is 10.9 Å². The average Bonchev–Trinajstić information content (AvgIpc) is 2.55. The molecule has 3 aromatic rings. The number of nitrogens with two attached hydrogens (primary N) is 1. The molecular weight excluding hydrogens is 312 g/mol. The Morgan fingerprint density at radius 1 is 1.00 bits per heavy atom. The Bertz CT molecular complexity index is 917. The van der Waals surface area contributed by atoms with Crippen LogP contribution >= 0.6 is 0 Å². The van der Waals surface area contributed by atoms with Crippen molar-refractivity contribution in [3.63, 3.8) is 0 Å². The minimum absolute atomic E-state index is 0.296. The van der Waals surface area contributed by atoms with E-state index in [1.54, 1.807) is 0 Å². The zero-order valence-electron chi connectivity index (χ0n) is 14.6. The van der Waals surface area contributed by atoms with Crippen LogP contribution in [0.5, 0.6) is 0 Å². The fourth-order valence-electron chi connectivity index (χ4n) is 2.71. The lowest BCUT2D eigenvalue weighted by Crippen LogP contribution is -2.19. The number of benzene rings is 2. The topological polar surface area (TPSA) is 80.0 Å². The lowest BCUT2D eigenvalue weighted by atomic mass is 10.0. The van der Waals surface area contributed by atoms with E-state index in [1.807, 2.05) is 55.5 Å². The van der Waals surface area contributed by atoms with Gasteiger partial charge in [-0.3, -0.25) is 4.98 Å². The van der Waals surface area contributed by atoms with E-state index < -0.39 is 0 Å². The van der Waals surface area contributed by atoms with Crippen LogP contribution in [0.1, 0.15) is 31.0 Å². The van der Waals surface area contributed by atoms with Gasteiger partial charge in [0.15, 0.2) is 0 Å². The van der Waals surface area contributed by atoms with Crippen LogP contribution in [-0.4, -0.2) is 11.0 Å². The molecule has 0 saturated carbocycles. The quantitative estimate of drug-likeness (QED) is 0.638. The van der Waals surface area contributed by atoms with Crippen molar-refractivity contribution >= 4 is 34.0 Å². The first-order chi connectivity index (χ1) is 11.9. The van der Waals surface area contributed by atoms with Crippen LogP contribution in [0.15, 0.2) is 48.5 Å². The third kappa shape index (κ3) is 3.88. The van der Waals surface area contributed by atoms with Crippen LogP contribution in [0, 0.1) is 6.92 Å². The molecule has 128 valence electrons. The first-order valence-electron chi connectivity index (χ1n) is 8.27. The van der Waals surface area contributed by atoms with E-state index in [9.17, 15) is 4.79 Å². The van der Waals surface area contributed by atoms with Crippen LogP contribution in [0.4, 0.5) is 21.9 Å². The number of nitrogens with zero attached hydrogens (tertiary/aromatic N) is 1. The number of rotatable bonds is 3. The van der Waals surface area contributed by atoms with Gasteiger partial charge in [-0.05, 0) is 54.8 Å². The van der Waals surface area contributed by atoms with Crippen molar-refractivity contribution in [2.75, 3.05) is 16.4 Å². The minimum Gasteiger partial charge on any atom is -0.398 e. The normalized spacial score (nSPS) is 10.9. The number of aryl methyl sites for hydroxylation is 1. The second-order valence-electron chi connectivity index (χ2n) is 6.44. The first kappa shape index (κ1) is 16.8. The highest BCUT2D eigenvalue weighted by Crippen LogP contribution is 2.24. The van der Waals surface area contributed by atoms with Gasteiger partial charge in [-0.25, -0.2) is 4.79 Å². The minimum atomic E-state index is -0.296. The molecule has 5 nitrogen and oxygen atoms in total. The summed E-state index contributed by atoms with van der Waals surface area (Å²) in [7, 11) is 0. The van der Waals surface area contributed by atoms with Crippen LogP contribution < -0.4 is 16.4 Å². The summed E-state index contributed by atoms with van der Waals surface area (Å²) in [4.78, 5) is 16.6. The maximum absolute atomic E-state index is 12.2. The van der Waals surface area contributed by atoms with Gasteiger partial charge in [0, 0.05) is 28.1 Å². The summed E-state index contributed by atoms with van der Waals surface area (Å²) in [5, 5.41) is 6.48. The van der Waals surface area contributed by atoms with Gasteiger partial charge in [0.2, 0.25) is 0 Å². The molecule has 0 fully saturated rings. The molecule has 0 unspecified atom stereocenters. The van der Waals surface area contributed by atoms with Crippen molar-refractivity contribution in [2.24, 2.45) is 0 Å². The smallest absolute Gasteiger partial charge is 0.323 e. The number of carbonyl (C=O) groups is 1. The second kappa shape index (κ2) is 6.81. The number of carbonyl (C=O) groups excluding carboxylic acids is 1. The summed E-state index contributed by atoms with van der Waals surface area (Å²) in [5.41, 5.74) is 11.0. The Kier molecular flexibility index (Phi) is 4.57. The lowest BCUT2D eigenvalue weighted by Gasteiger charge is -2.11. The molecule has 4 N–H and O–H groups in total.